The number of carbonyl (C=O) groups excluding carboxylic acids is 1. The lowest BCUT2D eigenvalue weighted by molar-refractivity contribution is 0.0946. The van der Waals surface area contributed by atoms with Gasteiger partial charge in [0.2, 0.25) is 0 Å². The summed E-state index contributed by atoms with van der Waals surface area (Å²) >= 11 is 0. The van der Waals surface area contributed by atoms with Crippen molar-refractivity contribution in [2.24, 2.45) is 0 Å². The number of nitrogen functional groups attached to an aromatic ring is 1. The van der Waals surface area contributed by atoms with E-state index in [-0.39, 0.29) is 6.54 Å². The van der Waals surface area contributed by atoms with Crippen LogP contribution in [0.3, 0.4) is 0 Å². The van der Waals surface area contributed by atoms with E-state index in [1.807, 2.05) is 6.92 Å². The van der Waals surface area contributed by atoms with Crippen molar-refractivity contribution in [3.8, 4) is 0 Å². The third-order valence-electron chi connectivity index (χ3n) is 2.89. The average Bonchev–Trinajstić information content (AvgIpc) is 2.41. The highest BCUT2D eigenvalue weighted by Crippen LogP contribution is 2.17. The lowest BCUT2D eigenvalue weighted by Gasteiger charge is -2.09. The van der Waals surface area contributed by atoms with Crippen LogP contribution in [0.5, 0.6) is 0 Å². The molecule has 3 N–H and O–H groups in total. The van der Waals surface area contributed by atoms with Gasteiger partial charge in [-0.25, -0.2) is 8.78 Å². The van der Waals surface area contributed by atoms with Crippen molar-refractivity contribution < 1.29 is 13.6 Å². The second-order valence-corrected chi connectivity index (χ2v) is 4.34. The summed E-state index contributed by atoms with van der Waals surface area (Å²) in [6.07, 6.45) is 3.25. The quantitative estimate of drug-likeness (QED) is 0.845. The van der Waals surface area contributed by atoms with Gasteiger partial charge in [-0.05, 0) is 36.2 Å². The van der Waals surface area contributed by atoms with Crippen molar-refractivity contribution in [3.63, 3.8) is 0 Å². The van der Waals surface area contributed by atoms with Crippen LogP contribution in [0.15, 0.2) is 30.6 Å². The maximum absolute atomic E-state index is 13.7. The molecular formula is C14H13F2N3O. The Hall–Kier alpha value is -2.50. The van der Waals surface area contributed by atoms with E-state index >= 15 is 0 Å². The van der Waals surface area contributed by atoms with E-state index < -0.39 is 28.8 Å². The normalized spacial score (nSPS) is 10.3. The molecule has 6 heteroatoms. The van der Waals surface area contributed by atoms with Crippen molar-refractivity contribution in [3.05, 3.63) is 58.9 Å². The van der Waals surface area contributed by atoms with Crippen LogP contribution in [0.25, 0.3) is 0 Å². The Balaban J connectivity index is 2.15. The zero-order valence-corrected chi connectivity index (χ0v) is 10.8. The molecule has 20 heavy (non-hydrogen) atoms. The zero-order chi connectivity index (χ0) is 14.7. The van der Waals surface area contributed by atoms with E-state index in [2.05, 4.69) is 10.3 Å². The third-order valence-corrected chi connectivity index (χ3v) is 2.89. The summed E-state index contributed by atoms with van der Waals surface area (Å²) in [6.45, 7) is 2.04. The van der Waals surface area contributed by atoms with Crippen LogP contribution in [-0.2, 0) is 6.54 Å². The highest BCUT2D eigenvalue weighted by molar-refractivity contribution is 5.95. The molecule has 0 bridgehead atoms. The fourth-order valence-corrected chi connectivity index (χ4v) is 1.75. The molecule has 0 saturated heterocycles. The molecule has 104 valence electrons. The average molecular weight is 277 g/mol. The molecule has 1 amide bonds. The first kappa shape index (κ1) is 13.9. The minimum atomic E-state index is -0.921. The topological polar surface area (TPSA) is 68.0 Å². The lowest BCUT2D eigenvalue weighted by Crippen LogP contribution is -2.24. The molecule has 1 aromatic carbocycles. The molecule has 0 aliphatic heterocycles. The third kappa shape index (κ3) is 2.90. The highest BCUT2D eigenvalue weighted by atomic mass is 19.1. The Morgan fingerprint density at radius 2 is 2.15 bits per heavy atom. The van der Waals surface area contributed by atoms with Crippen molar-refractivity contribution in [2.45, 2.75) is 13.5 Å². The number of nitrogens with zero attached hydrogens (tertiary/aromatic N) is 1. The van der Waals surface area contributed by atoms with Crippen molar-refractivity contribution in [2.75, 3.05) is 5.73 Å². The number of benzene rings is 1. The second-order valence-electron chi connectivity index (χ2n) is 4.34. The van der Waals surface area contributed by atoms with Crippen LogP contribution < -0.4 is 11.1 Å². The standard InChI is InChI=1S/C14H13F2N3O/c1-8-6-18-3-2-9(8)7-19-14(20)11-4-10(15)5-12(17)13(11)16/h2-6H,7,17H2,1H3,(H,19,20). The first-order valence-corrected chi connectivity index (χ1v) is 5.91. The molecule has 0 fully saturated rings. The Morgan fingerprint density at radius 1 is 1.40 bits per heavy atom. The monoisotopic (exact) mass is 277 g/mol. The van der Waals surface area contributed by atoms with E-state index in [0.717, 1.165) is 23.3 Å². The molecule has 2 aromatic rings. The minimum absolute atomic E-state index is 0.197. The molecule has 2 rings (SSSR count). The van der Waals surface area contributed by atoms with Gasteiger partial charge in [0.15, 0.2) is 5.82 Å². The SMILES string of the molecule is Cc1cnccc1CNC(=O)c1cc(F)cc(N)c1F. The van der Waals surface area contributed by atoms with Crippen LogP contribution >= 0.6 is 0 Å². The van der Waals surface area contributed by atoms with Gasteiger partial charge in [-0.1, -0.05) is 0 Å². The fourth-order valence-electron chi connectivity index (χ4n) is 1.75. The second kappa shape index (κ2) is 5.64. The van der Waals surface area contributed by atoms with Crippen molar-refractivity contribution in [1.29, 1.82) is 0 Å². The Morgan fingerprint density at radius 3 is 2.85 bits per heavy atom. The van der Waals surface area contributed by atoms with Gasteiger partial charge in [0.25, 0.3) is 5.91 Å². The number of carbonyl (C=O) groups is 1. The molecule has 0 aliphatic rings. The number of anilines is 1. The molecule has 1 heterocycles. The van der Waals surface area contributed by atoms with Gasteiger partial charge in [0.05, 0.1) is 11.3 Å². The number of aryl methyl sites for hydroxylation is 1. The summed E-state index contributed by atoms with van der Waals surface area (Å²) in [4.78, 5) is 15.8. The van der Waals surface area contributed by atoms with E-state index in [4.69, 9.17) is 5.73 Å². The number of halogens is 2. The predicted octanol–water partition coefficient (Wildman–Crippen LogP) is 2.18. The van der Waals surface area contributed by atoms with Crippen molar-refractivity contribution >= 4 is 11.6 Å². The minimum Gasteiger partial charge on any atom is -0.396 e. The number of rotatable bonds is 3. The van der Waals surface area contributed by atoms with Crippen LogP contribution in [0.1, 0.15) is 21.5 Å². The van der Waals surface area contributed by atoms with Gasteiger partial charge in [-0.15, -0.1) is 0 Å². The van der Waals surface area contributed by atoms with E-state index in [0.29, 0.717) is 0 Å². The van der Waals surface area contributed by atoms with Crippen LogP contribution in [-0.4, -0.2) is 10.9 Å². The van der Waals surface area contributed by atoms with Gasteiger partial charge in [0, 0.05) is 18.9 Å². The summed E-state index contributed by atoms with van der Waals surface area (Å²) in [6, 6.07) is 3.39. The van der Waals surface area contributed by atoms with E-state index in [9.17, 15) is 13.6 Å². The van der Waals surface area contributed by atoms with Crippen LogP contribution in [0.4, 0.5) is 14.5 Å². The summed E-state index contributed by atoms with van der Waals surface area (Å²) < 4.78 is 26.8. The largest absolute Gasteiger partial charge is 0.396 e. The van der Waals surface area contributed by atoms with Crippen LogP contribution in [0.2, 0.25) is 0 Å². The molecule has 0 spiro atoms. The Labute approximate surface area is 114 Å². The molecule has 4 nitrogen and oxygen atoms in total. The molecular weight excluding hydrogens is 264 g/mol. The molecule has 0 radical (unpaired) electrons. The van der Waals surface area contributed by atoms with Crippen molar-refractivity contribution in [1.82, 2.24) is 10.3 Å². The first-order valence-electron chi connectivity index (χ1n) is 5.91. The Kier molecular flexibility index (Phi) is 3.93. The number of pyridine rings is 1. The summed E-state index contributed by atoms with van der Waals surface area (Å²) in [5, 5.41) is 2.52. The van der Waals surface area contributed by atoms with Gasteiger partial charge >= 0.3 is 0 Å². The zero-order valence-electron chi connectivity index (χ0n) is 10.8. The fraction of sp³-hybridized carbons (Fsp3) is 0.143. The van der Waals surface area contributed by atoms with Crippen LogP contribution in [0, 0.1) is 18.6 Å². The highest BCUT2D eigenvalue weighted by Gasteiger charge is 2.16. The first-order chi connectivity index (χ1) is 9.49. The van der Waals surface area contributed by atoms with E-state index in [1.54, 1.807) is 18.5 Å². The van der Waals surface area contributed by atoms with Gasteiger partial charge < -0.3 is 11.1 Å². The molecule has 0 saturated carbocycles. The van der Waals surface area contributed by atoms with E-state index in [1.165, 1.54) is 0 Å². The maximum Gasteiger partial charge on any atom is 0.254 e. The molecule has 0 aliphatic carbocycles. The molecule has 1 aromatic heterocycles. The Bertz CT molecular complexity index is 659. The molecule has 0 unspecified atom stereocenters. The van der Waals surface area contributed by atoms with Gasteiger partial charge in [-0.2, -0.15) is 0 Å². The smallest absolute Gasteiger partial charge is 0.254 e. The van der Waals surface area contributed by atoms with Gasteiger partial charge in [-0.3, -0.25) is 9.78 Å². The maximum atomic E-state index is 13.7. The predicted molar refractivity (Wildman–Crippen MR) is 70.9 cm³/mol. The lowest BCUT2D eigenvalue weighted by atomic mass is 10.1. The summed E-state index contributed by atoms with van der Waals surface area (Å²) in [7, 11) is 0. The number of nitrogens with one attached hydrogen (secondary N) is 1. The number of hydrogen-bond donors (Lipinski definition) is 2. The number of nitrogens with two attached hydrogens (primary N) is 1. The number of amides is 1. The molecule has 0 atom stereocenters. The summed E-state index contributed by atoms with van der Waals surface area (Å²) in [5.41, 5.74) is 6.23. The number of aromatic nitrogens is 1. The van der Waals surface area contributed by atoms with Gasteiger partial charge in [0.1, 0.15) is 5.82 Å². The number of hydrogen-bond acceptors (Lipinski definition) is 3. The summed E-state index contributed by atoms with van der Waals surface area (Å²) in [5.74, 6) is -2.39.